The van der Waals surface area contributed by atoms with Crippen molar-refractivity contribution in [2.24, 2.45) is 0 Å². The molecule has 7 nitrogen and oxygen atoms in total. The van der Waals surface area contributed by atoms with E-state index < -0.39 is 12.2 Å². The number of hydrogen-bond acceptors (Lipinski definition) is 5. The Morgan fingerprint density at radius 3 is 2.31 bits per heavy atom. The molecule has 0 atom stereocenters. The minimum atomic E-state index is -0.722. The molecule has 2 heterocycles. The molecule has 4 rings (SSSR count). The number of ether oxygens (including phenoxy) is 2. The predicted molar refractivity (Wildman–Crippen MR) is 147 cm³/mol. The van der Waals surface area contributed by atoms with Crippen LogP contribution in [0.5, 0.6) is 0 Å². The third-order valence-corrected chi connectivity index (χ3v) is 6.83. The van der Waals surface area contributed by atoms with Gasteiger partial charge in [0.1, 0.15) is 9.83 Å². The van der Waals surface area contributed by atoms with Crippen molar-refractivity contribution >= 4 is 49.6 Å². The van der Waals surface area contributed by atoms with E-state index >= 15 is 0 Å². The molecule has 0 saturated carbocycles. The van der Waals surface area contributed by atoms with Gasteiger partial charge in [0.25, 0.3) is 0 Å². The Balaban J connectivity index is 2.01. The smallest absolute Gasteiger partial charge is 0.434 e. The monoisotopic (exact) mass is 507 g/mol. The van der Waals surface area contributed by atoms with E-state index in [1.807, 2.05) is 43.3 Å². The molecule has 4 aromatic rings. The molecule has 1 N–H and O–H groups in total. The van der Waals surface area contributed by atoms with Crippen molar-refractivity contribution in [1.82, 2.24) is 9.99 Å². The second kappa shape index (κ2) is 10.6. The van der Waals surface area contributed by atoms with E-state index in [2.05, 4.69) is 29.0 Å². The zero-order valence-electron chi connectivity index (χ0n) is 21.6. The number of nitrogens with one attached hydrogen (secondary N) is 1. The van der Waals surface area contributed by atoms with E-state index in [1.54, 1.807) is 27.7 Å². The largest absolute Gasteiger partial charge is 0.446 e. The van der Waals surface area contributed by atoms with Crippen LogP contribution >= 0.6 is 11.3 Å². The van der Waals surface area contributed by atoms with Gasteiger partial charge in [0.15, 0.2) is 0 Å². The molecule has 0 aliphatic rings. The Morgan fingerprint density at radius 1 is 1.00 bits per heavy atom. The molecule has 0 aliphatic heterocycles. The number of thiophene rings is 1. The van der Waals surface area contributed by atoms with E-state index in [9.17, 15) is 9.59 Å². The van der Waals surface area contributed by atoms with Crippen molar-refractivity contribution in [1.29, 1.82) is 0 Å². The van der Waals surface area contributed by atoms with Crippen molar-refractivity contribution in [3.05, 3.63) is 54.1 Å². The maximum Gasteiger partial charge on any atom is 0.434 e. The maximum absolute atomic E-state index is 13.3. The fourth-order valence-corrected chi connectivity index (χ4v) is 5.56. The first-order valence-corrected chi connectivity index (χ1v) is 13.1. The molecule has 2 aromatic heterocycles. The van der Waals surface area contributed by atoms with E-state index in [0.717, 1.165) is 50.8 Å². The summed E-state index contributed by atoms with van der Waals surface area (Å²) < 4.78 is 13.1. The molecule has 190 valence electrons. The van der Waals surface area contributed by atoms with Gasteiger partial charge in [-0.05, 0) is 52.7 Å². The third-order valence-electron chi connectivity index (χ3n) is 5.64. The first-order chi connectivity index (χ1) is 17.2. The van der Waals surface area contributed by atoms with Gasteiger partial charge >= 0.3 is 12.2 Å². The van der Waals surface area contributed by atoms with Gasteiger partial charge in [-0.1, -0.05) is 66.3 Å². The van der Waals surface area contributed by atoms with E-state index in [-0.39, 0.29) is 12.2 Å². The van der Waals surface area contributed by atoms with Crippen molar-refractivity contribution < 1.29 is 19.1 Å². The van der Waals surface area contributed by atoms with E-state index in [0.29, 0.717) is 5.00 Å². The summed E-state index contributed by atoms with van der Waals surface area (Å²) in [5.41, 5.74) is 6.73. The van der Waals surface area contributed by atoms with Crippen molar-refractivity contribution in [2.75, 3.05) is 5.01 Å². The van der Waals surface area contributed by atoms with Crippen molar-refractivity contribution in [2.45, 2.75) is 66.7 Å². The molecule has 0 saturated heterocycles. The van der Waals surface area contributed by atoms with Crippen LogP contribution in [0.1, 0.15) is 46.6 Å². The number of benzene rings is 2. The van der Waals surface area contributed by atoms with Gasteiger partial charge in [-0.2, -0.15) is 5.01 Å². The first kappa shape index (κ1) is 25.6. The molecular formula is C28H33N3O4S. The summed E-state index contributed by atoms with van der Waals surface area (Å²) in [5.74, 6) is 0. The lowest BCUT2D eigenvalue weighted by molar-refractivity contribution is 0.103. The molecule has 0 fully saturated rings. The Kier molecular flexibility index (Phi) is 7.54. The predicted octanol–water partition coefficient (Wildman–Crippen LogP) is 7.64. The number of carbonyl (C=O) groups is 2. The number of nitrogens with zero attached hydrogens (tertiary/aromatic N) is 2. The number of rotatable bonds is 6. The molecule has 2 amide bonds. The quantitative estimate of drug-likeness (QED) is 0.272. The lowest BCUT2D eigenvalue weighted by atomic mass is 10.0. The van der Waals surface area contributed by atoms with E-state index in [4.69, 9.17) is 9.47 Å². The van der Waals surface area contributed by atoms with Gasteiger partial charge < -0.3 is 14.0 Å². The summed E-state index contributed by atoms with van der Waals surface area (Å²) in [7, 11) is 0. The van der Waals surface area contributed by atoms with Gasteiger partial charge in [-0.3, -0.25) is 0 Å². The average molecular weight is 508 g/mol. The van der Waals surface area contributed by atoms with Crippen LogP contribution in [-0.4, -0.2) is 29.0 Å². The lowest BCUT2D eigenvalue weighted by Crippen LogP contribution is -2.48. The highest BCUT2D eigenvalue weighted by molar-refractivity contribution is 7.23. The summed E-state index contributed by atoms with van der Waals surface area (Å²) in [4.78, 5) is 27.0. The maximum atomic E-state index is 13.3. The van der Waals surface area contributed by atoms with Crippen LogP contribution in [0.25, 0.3) is 32.2 Å². The third kappa shape index (κ3) is 5.04. The van der Waals surface area contributed by atoms with Crippen LogP contribution in [0, 0.1) is 6.92 Å². The average Bonchev–Trinajstić information content (AvgIpc) is 3.33. The highest BCUT2D eigenvalue weighted by Crippen LogP contribution is 2.49. The second-order valence-electron chi connectivity index (χ2n) is 9.33. The number of para-hydroxylation sites is 1. The summed E-state index contributed by atoms with van der Waals surface area (Å²) in [6.45, 7) is 12.1. The van der Waals surface area contributed by atoms with Crippen LogP contribution in [0.4, 0.5) is 14.6 Å². The molecule has 2 aromatic carbocycles. The van der Waals surface area contributed by atoms with E-state index in [1.165, 1.54) is 16.3 Å². The number of fused-ring (bicyclic) bond motifs is 3. The molecule has 36 heavy (non-hydrogen) atoms. The number of aromatic nitrogens is 1. The summed E-state index contributed by atoms with van der Waals surface area (Å²) in [6.07, 6.45) is -1.15. The second-order valence-corrected chi connectivity index (χ2v) is 10.3. The highest BCUT2D eigenvalue weighted by Gasteiger charge is 2.31. The standard InChI is InChI=1S/C28H33N3O4S/c1-7-16-30-22-11-9-8-10-21(22)24-23(20-14-12-19(6)13-15-20)26(36-25(24)30)31(28(33)35-18(4)5)29-27(32)34-17(2)3/h8-15,17-18H,7,16H2,1-6H3,(H,29,32). The Morgan fingerprint density at radius 2 is 1.67 bits per heavy atom. The Bertz CT molecular complexity index is 1390. The van der Waals surface area contributed by atoms with Crippen molar-refractivity contribution in [3.63, 3.8) is 0 Å². The zero-order valence-corrected chi connectivity index (χ0v) is 22.4. The topological polar surface area (TPSA) is 72.8 Å². The Hall–Kier alpha value is -3.52. The fraction of sp³-hybridized carbons (Fsp3) is 0.357. The summed E-state index contributed by atoms with van der Waals surface area (Å²) in [5, 5.41) is 3.91. The van der Waals surface area contributed by atoms with Gasteiger partial charge in [-0.15, -0.1) is 0 Å². The normalized spacial score (nSPS) is 11.4. The van der Waals surface area contributed by atoms with Crippen LogP contribution < -0.4 is 10.4 Å². The number of anilines is 1. The fourth-order valence-electron chi connectivity index (χ4n) is 4.23. The molecule has 0 unspecified atom stereocenters. The minimum absolute atomic E-state index is 0.343. The van der Waals surface area contributed by atoms with Gasteiger partial charge in [0.2, 0.25) is 0 Å². The summed E-state index contributed by atoms with van der Waals surface area (Å²) >= 11 is 1.46. The van der Waals surface area contributed by atoms with Crippen LogP contribution in [0.2, 0.25) is 0 Å². The van der Waals surface area contributed by atoms with Crippen LogP contribution in [-0.2, 0) is 16.0 Å². The molecule has 8 heteroatoms. The van der Waals surface area contributed by atoms with Gasteiger partial charge in [-0.25, -0.2) is 15.0 Å². The van der Waals surface area contributed by atoms with Gasteiger partial charge in [0.05, 0.1) is 12.2 Å². The molecule has 0 aliphatic carbocycles. The van der Waals surface area contributed by atoms with Crippen LogP contribution in [0.15, 0.2) is 48.5 Å². The minimum Gasteiger partial charge on any atom is -0.446 e. The Labute approximate surface area is 215 Å². The lowest BCUT2D eigenvalue weighted by Gasteiger charge is -2.24. The molecule has 0 bridgehead atoms. The van der Waals surface area contributed by atoms with Crippen LogP contribution in [0.3, 0.4) is 0 Å². The number of hydrogen-bond donors (Lipinski definition) is 1. The number of aryl methyl sites for hydroxylation is 2. The van der Waals surface area contributed by atoms with Gasteiger partial charge in [0, 0.05) is 28.4 Å². The number of hydrazine groups is 1. The van der Waals surface area contributed by atoms with Crippen molar-refractivity contribution in [3.8, 4) is 11.1 Å². The molecule has 0 radical (unpaired) electrons. The number of amides is 2. The number of carbonyl (C=O) groups excluding carboxylic acids is 2. The first-order valence-electron chi connectivity index (χ1n) is 12.3. The molecular weight excluding hydrogens is 474 g/mol. The molecule has 0 spiro atoms. The highest BCUT2D eigenvalue weighted by atomic mass is 32.1. The summed E-state index contributed by atoms with van der Waals surface area (Å²) in [6, 6.07) is 16.5. The zero-order chi connectivity index (χ0) is 26.0. The SMILES string of the molecule is CCCn1c2ccccc2c2c(-c3ccc(C)cc3)c(N(NC(=O)OC(C)C)C(=O)OC(C)C)sc21.